The first-order valence-electron chi connectivity index (χ1n) is 5.81. The van der Waals surface area contributed by atoms with Crippen LogP contribution in [-0.2, 0) is 17.8 Å². The summed E-state index contributed by atoms with van der Waals surface area (Å²) in [7, 11) is 0. The van der Waals surface area contributed by atoms with E-state index in [1.54, 1.807) is 17.8 Å². The largest absolute Gasteiger partial charge is 0.347 e. The predicted octanol–water partition coefficient (Wildman–Crippen LogP) is 0.996. The van der Waals surface area contributed by atoms with Crippen molar-refractivity contribution in [3.8, 4) is 6.07 Å². The maximum atomic E-state index is 12.2. The first-order chi connectivity index (χ1) is 9.28. The number of amides is 1. The van der Waals surface area contributed by atoms with E-state index in [9.17, 15) is 4.79 Å². The number of anilines is 1. The van der Waals surface area contributed by atoms with Gasteiger partial charge in [-0.2, -0.15) is 5.26 Å². The van der Waals surface area contributed by atoms with E-state index in [1.165, 1.54) is 11.3 Å². The Balaban J connectivity index is 1.71. The second-order valence-corrected chi connectivity index (χ2v) is 5.15. The number of carbonyl (C=O) groups excluding carboxylic acids is 1. The fourth-order valence-electron chi connectivity index (χ4n) is 2.05. The third-order valence-electron chi connectivity index (χ3n) is 3.07. The van der Waals surface area contributed by atoms with E-state index in [2.05, 4.69) is 26.7 Å². The zero-order valence-corrected chi connectivity index (χ0v) is 10.8. The van der Waals surface area contributed by atoms with E-state index < -0.39 is 0 Å². The molecule has 6 nitrogen and oxygen atoms in total. The molecule has 3 heterocycles. The highest BCUT2D eigenvalue weighted by atomic mass is 32.1. The smallest absolute Gasteiger partial charge is 0.242 e. The second-order valence-electron chi connectivity index (χ2n) is 4.23. The monoisotopic (exact) mass is 273 g/mol. The number of carbonyl (C=O) groups is 1. The lowest BCUT2D eigenvalue weighted by Crippen LogP contribution is -2.44. The van der Waals surface area contributed by atoms with E-state index in [4.69, 9.17) is 5.26 Å². The average Bonchev–Trinajstić information content (AvgIpc) is 3.05. The molecule has 0 saturated carbocycles. The number of nitrogens with one attached hydrogen (secondary N) is 3. The van der Waals surface area contributed by atoms with E-state index in [0.717, 1.165) is 11.4 Å². The molecule has 19 heavy (non-hydrogen) atoms. The number of rotatable bonds is 2. The van der Waals surface area contributed by atoms with Gasteiger partial charge in [-0.05, 0) is 11.4 Å². The predicted molar refractivity (Wildman–Crippen MR) is 70.6 cm³/mol. The van der Waals surface area contributed by atoms with Crippen LogP contribution in [0.2, 0.25) is 0 Å². The lowest BCUT2D eigenvalue weighted by Gasteiger charge is -2.21. The molecule has 2 aromatic heterocycles. The van der Waals surface area contributed by atoms with Crippen LogP contribution in [0, 0.1) is 11.3 Å². The molecule has 0 bridgehead atoms. The number of H-pyrrole nitrogens is 1. The van der Waals surface area contributed by atoms with Crippen LogP contribution in [0.5, 0.6) is 0 Å². The van der Waals surface area contributed by atoms with Crippen molar-refractivity contribution in [1.29, 1.82) is 5.26 Å². The Kier molecular flexibility index (Phi) is 3.03. The minimum atomic E-state index is -0.315. The molecule has 7 heteroatoms. The molecule has 3 rings (SSSR count). The Bertz CT molecular complexity index is 653. The number of fused-ring (bicyclic) bond motifs is 1. The fraction of sp³-hybridized carbons (Fsp3) is 0.250. The van der Waals surface area contributed by atoms with Gasteiger partial charge in [-0.3, -0.25) is 10.1 Å². The van der Waals surface area contributed by atoms with Crippen LogP contribution in [0.4, 0.5) is 5.00 Å². The maximum absolute atomic E-state index is 12.2. The van der Waals surface area contributed by atoms with Gasteiger partial charge in [0, 0.05) is 13.0 Å². The average molecular weight is 273 g/mol. The van der Waals surface area contributed by atoms with Crippen LogP contribution in [0.3, 0.4) is 0 Å². The molecule has 0 aromatic carbocycles. The first kappa shape index (κ1) is 11.9. The zero-order chi connectivity index (χ0) is 13.2. The van der Waals surface area contributed by atoms with Gasteiger partial charge in [0.05, 0.1) is 29.3 Å². The Labute approximate surface area is 113 Å². The molecule has 1 unspecified atom stereocenters. The highest BCUT2D eigenvalue weighted by Crippen LogP contribution is 2.23. The third-order valence-corrected chi connectivity index (χ3v) is 3.90. The summed E-state index contributed by atoms with van der Waals surface area (Å²) in [6.07, 6.45) is 2.19. The molecule has 0 aliphatic carbocycles. The second kappa shape index (κ2) is 4.84. The standard InChI is InChI=1S/C12H11N5OS/c13-4-7-1-2-19-12(7)17-11(18)9-3-8-10(5-14-9)16-6-15-8/h1-2,6,9,14H,3,5H2,(H,15,16)(H,17,18). The van der Waals surface area contributed by atoms with Gasteiger partial charge < -0.3 is 10.3 Å². The third kappa shape index (κ3) is 2.23. The van der Waals surface area contributed by atoms with Crippen molar-refractivity contribution in [2.24, 2.45) is 0 Å². The summed E-state index contributed by atoms with van der Waals surface area (Å²) in [6.45, 7) is 0.600. The Morgan fingerprint density at radius 1 is 1.63 bits per heavy atom. The number of imidazole rings is 1. The molecule has 96 valence electrons. The van der Waals surface area contributed by atoms with Gasteiger partial charge in [-0.25, -0.2) is 4.98 Å². The number of aromatic nitrogens is 2. The summed E-state index contributed by atoms with van der Waals surface area (Å²) in [6, 6.07) is 3.43. The van der Waals surface area contributed by atoms with Crippen molar-refractivity contribution in [2.45, 2.75) is 19.0 Å². The molecule has 2 aromatic rings. The number of hydrogen-bond acceptors (Lipinski definition) is 5. The fourth-order valence-corrected chi connectivity index (χ4v) is 2.79. The normalized spacial score (nSPS) is 17.5. The van der Waals surface area contributed by atoms with Gasteiger partial charge in [0.1, 0.15) is 11.1 Å². The highest BCUT2D eigenvalue weighted by molar-refractivity contribution is 7.14. The van der Waals surface area contributed by atoms with Crippen molar-refractivity contribution in [3.05, 3.63) is 34.7 Å². The lowest BCUT2D eigenvalue weighted by atomic mass is 10.0. The summed E-state index contributed by atoms with van der Waals surface area (Å²) in [5, 5.41) is 17.2. The number of hydrogen-bond donors (Lipinski definition) is 3. The molecule has 1 aliphatic rings. The molecule has 0 spiro atoms. The molecule has 0 radical (unpaired) electrons. The summed E-state index contributed by atoms with van der Waals surface area (Å²) in [5.41, 5.74) is 2.44. The Hall–Kier alpha value is -2.17. The SMILES string of the molecule is N#Cc1ccsc1NC(=O)C1Cc2nc[nH]c2CN1. The van der Waals surface area contributed by atoms with Gasteiger partial charge in [0.25, 0.3) is 0 Å². The molecular formula is C12H11N5OS. The number of nitriles is 1. The van der Waals surface area contributed by atoms with Crippen molar-refractivity contribution < 1.29 is 4.79 Å². The molecule has 1 atom stereocenters. The molecule has 3 N–H and O–H groups in total. The van der Waals surface area contributed by atoms with E-state index in [1.807, 2.05) is 0 Å². The highest BCUT2D eigenvalue weighted by Gasteiger charge is 2.26. The minimum Gasteiger partial charge on any atom is -0.347 e. The van der Waals surface area contributed by atoms with Crippen molar-refractivity contribution >= 4 is 22.2 Å². The van der Waals surface area contributed by atoms with E-state index in [0.29, 0.717) is 23.5 Å². The van der Waals surface area contributed by atoms with Crippen molar-refractivity contribution in [3.63, 3.8) is 0 Å². The number of nitrogens with zero attached hydrogens (tertiary/aromatic N) is 2. The topological polar surface area (TPSA) is 93.6 Å². The van der Waals surface area contributed by atoms with E-state index in [-0.39, 0.29) is 11.9 Å². The van der Waals surface area contributed by atoms with Gasteiger partial charge >= 0.3 is 0 Å². The number of thiophene rings is 1. The summed E-state index contributed by atoms with van der Waals surface area (Å²) in [5.74, 6) is -0.132. The van der Waals surface area contributed by atoms with Crippen LogP contribution >= 0.6 is 11.3 Å². The minimum absolute atomic E-state index is 0.132. The summed E-state index contributed by atoms with van der Waals surface area (Å²) < 4.78 is 0. The Morgan fingerprint density at radius 3 is 3.37 bits per heavy atom. The van der Waals surface area contributed by atoms with Crippen LogP contribution in [-0.4, -0.2) is 21.9 Å². The van der Waals surface area contributed by atoms with Crippen molar-refractivity contribution in [1.82, 2.24) is 15.3 Å². The quantitative estimate of drug-likeness (QED) is 0.760. The Morgan fingerprint density at radius 2 is 2.53 bits per heavy atom. The van der Waals surface area contributed by atoms with Gasteiger partial charge in [-0.15, -0.1) is 11.3 Å². The van der Waals surface area contributed by atoms with Crippen LogP contribution in [0.1, 0.15) is 17.0 Å². The van der Waals surface area contributed by atoms with Crippen molar-refractivity contribution in [2.75, 3.05) is 5.32 Å². The van der Waals surface area contributed by atoms with Gasteiger partial charge in [-0.1, -0.05) is 0 Å². The molecule has 1 amide bonds. The molecule has 0 fully saturated rings. The first-order valence-corrected chi connectivity index (χ1v) is 6.69. The van der Waals surface area contributed by atoms with Gasteiger partial charge in [0.2, 0.25) is 5.91 Å². The summed E-state index contributed by atoms with van der Waals surface area (Å²) >= 11 is 1.35. The maximum Gasteiger partial charge on any atom is 0.242 e. The summed E-state index contributed by atoms with van der Waals surface area (Å²) in [4.78, 5) is 19.4. The molecule has 1 aliphatic heterocycles. The van der Waals surface area contributed by atoms with Crippen LogP contribution in [0.15, 0.2) is 17.8 Å². The zero-order valence-electron chi connectivity index (χ0n) is 9.93. The molecular weight excluding hydrogens is 262 g/mol. The lowest BCUT2D eigenvalue weighted by molar-refractivity contribution is -0.118. The van der Waals surface area contributed by atoms with Crippen LogP contribution in [0.25, 0.3) is 0 Å². The van der Waals surface area contributed by atoms with Crippen LogP contribution < -0.4 is 10.6 Å². The molecule has 0 saturated heterocycles. The van der Waals surface area contributed by atoms with Gasteiger partial charge in [0.15, 0.2) is 0 Å². The number of aromatic amines is 1. The van der Waals surface area contributed by atoms with E-state index >= 15 is 0 Å².